The number of carboxylic acids is 1. The smallest absolute Gasteiger partial charge is 0.337 e. The van der Waals surface area contributed by atoms with Gasteiger partial charge in [0, 0.05) is 11.7 Å². The second kappa shape index (κ2) is 6.91. The molecule has 0 fully saturated rings. The molecular weight excluding hydrogens is 292 g/mol. The summed E-state index contributed by atoms with van der Waals surface area (Å²) in [5, 5.41) is 17.4. The minimum atomic E-state index is -3.92. The molecule has 0 amide bonds. The second-order valence-electron chi connectivity index (χ2n) is 5.35. The van der Waals surface area contributed by atoms with Crippen molar-refractivity contribution in [1.29, 1.82) is 0 Å². The van der Waals surface area contributed by atoms with E-state index in [0.29, 0.717) is 11.6 Å². The molecule has 0 spiro atoms. The van der Waals surface area contributed by atoms with E-state index >= 15 is 0 Å². The number of hydrogen-bond donors (Lipinski definition) is 3. The first-order valence-electron chi connectivity index (χ1n) is 6.81. The first kappa shape index (κ1) is 17.5. The average Bonchev–Trinajstić information content (AvgIpc) is 2.37. The van der Waals surface area contributed by atoms with Gasteiger partial charge in [-0.05, 0) is 37.5 Å². The monoisotopic (exact) mass is 314 g/mol. The van der Waals surface area contributed by atoms with Crippen LogP contribution in [0, 0.1) is 5.92 Å². The Hall–Kier alpha value is -1.60. The topological polar surface area (TPSA) is 109 Å². The summed E-state index contributed by atoms with van der Waals surface area (Å²) in [6.45, 7) is 6.19. The Balaban J connectivity index is 3.05. The van der Waals surface area contributed by atoms with Gasteiger partial charge in [0.25, 0.3) is 0 Å². The zero-order chi connectivity index (χ0) is 16.2. The molecule has 0 aromatic heterocycles. The van der Waals surface area contributed by atoms with E-state index in [1.54, 1.807) is 0 Å². The van der Waals surface area contributed by atoms with Crippen molar-refractivity contribution in [1.82, 2.24) is 0 Å². The molecule has 6 nitrogen and oxygen atoms in total. The molecule has 2 unspecified atom stereocenters. The van der Waals surface area contributed by atoms with Crippen molar-refractivity contribution in [3.63, 3.8) is 0 Å². The average molecular weight is 314 g/mol. The summed E-state index contributed by atoms with van der Waals surface area (Å²) in [6.07, 6.45) is 1.94. The van der Waals surface area contributed by atoms with Gasteiger partial charge < -0.3 is 10.4 Å². The third kappa shape index (κ3) is 5.02. The molecule has 2 atom stereocenters. The number of nitrogens with two attached hydrogens (primary N) is 1. The van der Waals surface area contributed by atoms with Crippen LogP contribution in [0.1, 0.15) is 44.0 Å². The number of sulfonamides is 1. The maximum absolute atomic E-state index is 11.3. The van der Waals surface area contributed by atoms with Gasteiger partial charge >= 0.3 is 5.97 Å². The molecule has 4 N–H and O–H groups in total. The molecule has 7 heteroatoms. The number of anilines is 1. The molecule has 1 aromatic carbocycles. The van der Waals surface area contributed by atoms with Gasteiger partial charge in [0.15, 0.2) is 0 Å². The van der Waals surface area contributed by atoms with Crippen molar-refractivity contribution < 1.29 is 18.3 Å². The maximum atomic E-state index is 11.3. The first-order valence-corrected chi connectivity index (χ1v) is 8.36. The summed E-state index contributed by atoms with van der Waals surface area (Å²) in [5.74, 6) is -0.678. The van der Waals surface area contributed by atoms with E-state index in [1.807, 2.05) is 6.92 Å². The van der Waals surface area contributed by atoms with Crippen LogP contribution in [0.2, 0.25) is 0 Å². The second-order valence-corrected chi connectivity index (χ2v) is 6.91. The normalized spacial score (nSPS) is 14.5. The van der Waals surface area contributed by atoms with Crippen molar-refractivity contribution in [2.75, 3.05) is 5.32 Å². The van der Waals surface area contributed by atoms with Gasteiger partial charge in [0.2, 0.25) is 10.0 Å². The van der Waals surface area contributed by atoms with Gasteiger partial charge in [0.1, 0.15) is 0 Å². The molecule has 0 aliphatic rings. The molecule has 0 heterocycles. The molecule has 118 valence electrons. The lowest BCUT2D eigenvalue weighted by Crippen LogP contribution is -2.20. The van der Waals surface area contributed by atoms with Gasteiger partial charge in [-0.1, -0.05) is 20.3 Å². The van der Waals surface area contributed by atoms with Crippen molar-refractivity contribution in [3.8, 4) is 0 Å². The maximum Gasteiger partial charge on any atom is 0.337 e. The lowest BCUT2D eigenvalue weighted by atomic mass is 10.00. The van der Waals surface area contributed by atoms with Crippen molar-refractivity contribution in [3.05, 3.63) is 23.8 Å². The number of aromatic carboxylic acids is 1. The van der Waals surface area contributed by atoms with Crippen LogP contribution in [0.4, 0.5) is 5.69 Å². The molecule has 0 saturated carbocycles. The zero-order valence-corrected chi connectivity index (χ0v) is 13.3. The molecule has 0 aliphatic heterocycles. The standard InChI is InChI=1S/C14H22N2O4S/c1-4-9(2)7-10(3)16-13-6-5-11(21(15,19)20)8-12(13)14(17)18/h5-6,8-10,16H,4,7H2,1-3H3,(H,17,18)(H2,15,19,20). The predicted molar refractivity (Wildman–Crippen MR) is 81.9 cm³/mol. The fourth-order valence-corrected chi connectivity index (χ4v) is 2.64. The lowest BCUT2D eigenvalue weighted by Gasteiger charge is -2.20. The van der Waals surface area contributed by atoms with Crippen molar-refractivity contribution in [2.24, 2.45) is 11.1 Å². The number of hydrogen-bond acceptors (Lipinski definition) is 4. The summed E-state index contributed by atoms with van der Waals surface area (Å²) >= 11 is 0. The Labute approximate surface area is 125 Å². The van der Waals surface area contributed by atoms with E-state index < -0.39 is 16.0 Å². The Morgan fingerprint density at radius 2 is 2.00 bits per heavy atom. The van der Waals surface area contributed by atoms with Crippen LogP contribution in [0.5, 0.6) is 0 Å². The van der Waals surface area contributed by atoms with E-state index in [1.165, 1.54) is 12.1 Å². The predicted octanol–water partition coefficient (Wildman–Crippen LogP) is 2.27. The van der Waals surface area contributed by atoms with Gasteiger partial charge in [-0.25, -0.2) is 18.4 Å². The van der Waals surface area contributed by atoms with Crippen LogP contribution < -0.4 is 10.5 Å². The molecule has 0 saturated heterocycles. The van der Waals surface area contributed by atoms with E-state index in [2.05, 4.69) is 19.2 Å². The fourth-order valence-electron chi connectivity index (χ4n) is 2.10. The number of primary sulfonamides is 1. The van der Waals surface area contributed by atoms with Crippen LogP contribution >= 0.6 is 0 Å². The number of carbonyl (C=O) groups is 1. The van der Waals surface area contributed by atoms with Crippen LogP contribution in [0.25, 0.3) is 0 Å². The summed E-state index contributed by atoms with van der Waals surface area (Å²) in [6, 6.07) is 3.91. The quantitative estimate of drug-likeness (QED) is 0.715. The van der Waals surface area contributed by atoms with E-state index in [4.69, 9.17) is 5.14 Å². The van der Waals surface area contributed by atoms with Gasteiger partial charge in [-0.15, -0.1) is 0 Å². The largest absolute Gasteiger partial charge is 0.478 e. The van der Waals surface area contributed by atoms with Gasteiger partial charge in [0.05, 0.1) is 10.5 Å². The summed E-state index contributed by atoms with van der Waals surface area (Å²) < 4.78 is 22.6. The first-order chi connectivity index (χ1) is 9.65. The Bertz CT molecular complexity index is 613. The number of nitrogens with one attached hydrogen (secondary N) is 1. The Morgan fingerprint density at radius 3 is 2.48 bits per heavy atom. The molecule has 0 aliphatic carbocycles. The molecular formula is C14H22N2O4S. The number of carboxylic acid groups (broad SMARTS) is 1. The third-order valence-corrected chi connectivity index (χ3v) is 4.32. The van der Waals surface area contributed by atoms with Crippen LogP contribution in [0.15, 0.2) is 23.1 Å². The SMILES string of the molecule is CCC(C)CC(C)Nc1ccc(S(N)(=O)=O)cc1C(=O)O. The van der Waals surface area contributed by atoms with E-state index in [9.17, 15) is 18.3 Å². The summed E-state index contributed by atoms with van der Waals surface area (Å²) in [7, 11) is -3.92. The summed E-state index contributed by atoms with van der Waals surface area (Å²) in [5.41, 5.74) is 0.295. The number of rotatable bonds is 7. The van der Waals surface area contributed by atoms with Crippen molar-refractivity contribution >= 4 is 21.7 Å². The van der Waals surface area contributed by atoms with Crippen LogP contribution in [0.3, 0.4) is 0 Å². The fraction of sp³-hybridized carbons (Fsp3) is 0.500. The van der Waals surface area contributed by atoms with E-state index in [-0.39, 0.29) is 16.5 Å². The summed E-state index contributed by atoms with van der Waals surface area (Å²) in [4.78, 5) is 11.1. The number of benzene rings is 1. The van der Waals surface area contributed by atoms with Crippen molar-refractivity contribution in [2.45, 2.75) is 44.6 Å². The van der Waals surface area contributed by atoms with Crippen LogP contribution in [-0.4, -0.2) is 25.5 Å². The Morgan fingerprint density at radius 1 is 1.38 bits per heavy atom. The zero-order valence-electron chi connectivity index (χ0n) is 12.5. The lowest BCUT2D eigenvalue weighted by molar-refractivity contribution is 0.0697. The molecule has 0 radical (unpaired) electrons. The highest BCUT2D eigenvalue weighted by molar-refractivity contribution is 7.89. The minimum absolute atomic E-state index is 0.0818. The highest BCUT2D eigenvalue weighted by Gasteiger charge is 2.17. The molecule has 1 aromatic rings. The molecule has 21 heavy (non-hydrogen) atoms. The minimum Gasteiger partial charge on any atom is -0.478 e. The molecule has 1 rings (SSSR count). The highest BCUT2D eigenvalue weighted by atomic mass is 32.2. The van der Waals surface area contributed by atoms with E-state index in [0.717, 1.165) is 18.9 Å². The molecule has 0 bridgehead atoms. The van der Waals surface area contributed by atoms with Gasteiger partial charge in [-0.2, -0.15) is 0 Å². The van der Waals surface area contributed by atoms with Crippen LogP contribution in [-0.2, 0) is 10.0 Å². The third-order valence-electron chi connectivity index (χ3n) is 3.40. The van der Waals surface area contributed by atoms with Gasteiger partial charge in [-0.3, -0.25) is 0 Å². The Kier molecular flexibility index (Phi) is 5.74. The highest BCUT2D eigenvalue weighted by Crippen LogP contribution is 2.22.